The minimum Gasteiger partial charge on any atom is -0.335 e. The van der Waals surface area contributed by atoms with Crippen LogP contribution in [-0.2, 0) is 7.05 Å². The number of hydrogen-bond donors (Lipinski definition) is 0. The van der Waals surface area contributed by atoms with Crippen LogP contribution in [0.2, 0.25) is 0 Å². The van der Waals surface area contributed by atoms with Gasteiger partial charge in [0, 0.05) is 44.3 Å². The van der Waals surface area contributed by atoms with E-state index in [-0.39, 0.29) is 11.8 Å². The molecule has 22 heavy (non-hydrogen) atoms. The minimum atomic E-state index is -0.00627. The van der Waals surface area contributed by atoms with Gasteiger partial charge >= 0.3 is 0 Å². The zero-order valence-electron chi connectivity index (χ0n) is 12.7. The summed E-state index contributed by atoms with van der Waals surface area (Å²) < 4.78 is 1.70. The van der Waals surface area contributed by atoms with Gasteiger partial charge in [-0.1, -0.05) is 0 Å². The quantitative estimate of drug-likeness (QED) is 0.841. The molecule has 0 atom stereocenters. The van der Waals surface area contributed by atoms with Crippen molar-refractivity contribution in [1.29, 1.82) is 0 Å². The molecule has 1 aliphatic heterocycles. The van der Waals surface area contributed by atoms with Crippen LogP contribution < -0.4 is 0 Å². The summed E-state index contributed by atoms with van der Waals surface area (Å²) in [5.74, 6) is 0.0409. The maximum atomic E-state index is 12.5. The lowest BCUT2D eigenvalue weighted by Crippen LogP contribution is -2.50. The Morgan fingerprint density at radius 1 is 1.14 bits per heavy atom. The summed E-state index contributed by atoms with van der Waals surface area (Å²) in [5.41, 5.74) is 2.23. The summed E-state index contributed by atoms with van der Waals surface area (Å²) in [6.07, 6.45) is 1.61. The Balaban J connectivity index is 1.63. The number of carbonyl (C=O) groups is 2. The van der Waals surface area contributed by atoms with Gasteiger partial charge in [-0.3, -0.25) is 14.3 Å². The third kappa shape index (κ3) is 2.64. The lowest BCUT2D eigenvalue weighted by molar-refractivity contribution is 0.0535. The summed E-state index contributed by atoms with van der Waals surface area (Å²) in [5, 5.41) is 7.88. The van der Waals surface area contributed by atoms with Gasteiger partial charge in [0.1, 0.15) is 0 Å². The molecule has 1 aliphatic rings. The van der Waals surface area contributed by atoms with Crippen LogP contribution in [0, 0.1) is 6.92 Å². The molecule has 6 nitrogen and oxygen atoms in total. The van der Waals surface area contributed by atoms with Crippen LogP contribution in [0.5, 0.6) is 0 Å². The summed E-state index contributed by atoms with van der Waals surface area (Å²) in [7, 11) is 1.82. The molecule has 2 aromatic rings. The van der Waals surface area contributed by atoms with Crippen LogP contribution in [0.4, 0.5) is 0 Å². The topological polar surface area (TPSA) is 58.4 Å². The second kappa shape index (κ2) is 5.92. The van der Waals surface area contributed by atoms with Crippen molar-refractivity contribution >= 4 is 23.2 Å². The monoisotopic (exact) mass is 318 g/mol. The van der Waals surface area contributed by atoms with Crippen molar-refractivity contribution in [2.45, 2.75) is 6.92 Å². The normalized spacial score (nSPS) is 15.2. The van der Waals surface area contributed by atoms with E-state index in [1.165, 1.54) is 11.3 Å². The van der Waals surface area contributed by atoms with E-state index in [1.54, 1.807) is 15.8 Å². The maximum absolute atomic E-state index is 12.5. The molecule has 0 radical (unpaired) electrons. The molecular weight excluding hydrogens is 300 g/mol. The first-order chi connectivity index (χ1) is 10.6. The first-order valence-corrected chi connectivity index (χ1v) is 8.11. The van der Waals surface area contributed by atoms with Crippen molar-refractivity contribution < 1.29 is 9.59 Å². The number of thiophene rings is 1. The van der Waals surface area contributed by atoms with Gasteiger partial charge in [-0.15, -0.1) is 0 Å². The van der Waals surface area contributed by atoms with E-state index in [4.69, 9.17) is 0 Å². The lowest BCUT2D eigenvalue weighted by Gasteiger charge is -2.34. The number of aryl methyl sites for hydroxylation is 1. The number of rotatable bonds is 2. The number of carbonyl (C=O) groups excluding carboxylic acids is 2. The second-order valence-corrected chi connectivity index (χ2v) is 6.14. The first kappa shape index (κ1) is 14.8. The van der Waals surface area contributed by atoms with Crippen LogP contribution in [0.15, 0.2) is 23.0 Å². The number of nitrogens with zero attached hydrogens (tertiary/aromatic N) is 4. The predicted octanol–water partition coefficient (Wildman–Crippen LogP) is 1.39. The number of piperazine rings is 1. The average Bonchev–Trinajstić information content (AvgIpc) is 3.18. The molecule has 2 aromatic heterocycles. The number of hydrogen-bond acceptors (Lipinski definition) is 4. The lowest BCUT2D eigenvalue weighted by atomic mass is 10.2. The van der Waals surface area contributed by atoms with Crippen LogP contribution in [0.25, 0.3) is 0 Å². The molecule has 1 saturated heterocycles. The van der Waals surface area contributed by atoms with Gasteiger partial charge in [0.25, 0.3) is 11.8 Å². The van der Waals surface area contributed by atoms with E-state index >= 15 is 0 Å². The second-order valence-electron chi connectivity index (χ2n) is 5.36. The van der Waals surface area contributed by atoms with Gasteiger partial charge in [-0.05, 0) is 18.4 Å². The summed E-state index contributed by atoms with van der Waals surface area (Å²) in [6, 6.07) is 1.84. The molecule has 3 heterocycles. The van der Waals surface area contributed by atoms with Crippen LogP contribution in [0.3, 0.4) is 0 Å². The Kier molecular flexibility index (Phi) is 3.98. The molecule has 0 spiro atoms. The Labute approximate surface area is 132 Å². The molecule has 0 unspecified atom stereocenters. The van der Waals surface area contributed by atoms with Crippen molar-refractivity contribution in [3.05, 3.63) is 39.8 Å². The van der Waals surface area contributed by atoms with Crippen molar-refractivity contribution in [1.82, 2.24) is 19.6 Å². The molecule has 1 fully saturated rings. The molecule has 116 valence electrons. The number of amides is 2. The van der Waals surface area contributed by atoms with Gasteiger partial charge in [-0.2, -0.15) is 16.4 Å². The van der Waals surface area contributed by atoms with Crippen molar-refractivity contribution in [2.75, 3.05) is 26.2 Å². The van der Waals surface area contributed by atoms with Crippen LogP contribution in [0.1, 0.15) is 26.4 Å². The van der Waals surface area contributed by atoms with Gasteiger partial charge in [-0.25, -0.2) is 0 Å². The molecule has 7 heteroatoms. The van der Waals surface area contributed by atoms with E-state index in [2.05, 4.69) is 5.10 Å². The average molecular weight is 318 g/mol. The van der Waals surface area contributed by atoms with Gasteiger partial charge in [0.05, 0.1) is 17.3 Å². The molecular formula is C15H18N4O2S. The van der Waals surface area contributed by atoms with Crippen molar-refractivity contribution in [3.8, 4) is 0 Å². The van der Waals surface area contributed by atoms with Crippen molar-refractivity contribution in [3.63, 3.8) is 0 Å². The maximum Gasteiger partial charge on any atom is 0.257 e. The Morgan fingerprint density at radius 2 is 1.77 bits per heavy atom. The van der Waals surface area contributed by atoms with Gasteiger partial charge in [0.15, 0.2) is 0 Å². The van der Waals surface area contributed by atoms with Crippen LogP contribution >= 0.6 is 11.3 Å². The first-order valence-electron chi connectivity index (χ1n) is 7.17. The molecule has 2 amide bonds. The molecule has 0 N–H and O–H groups in total. The summed E-state index contributed by atoms with van der Waals surface area (Å²) >= 11 is 1.52. The fourth-order valence-corrected chi connectivity index (χ4v) is 3.19. The zero-order valence-corrected chi connectivity index (χ0v) is 13.5. The molecule has 0 saturated carbocycles. The third-order valence-corrected chi connectivity index (χ3v) is 4.77. The molecule has 0 aromatic carbocycles. The minimum absolute atomic E-state index is 0.00627. The Bertz CT molecular complexity index is 684. The predicted molar refractivity (Wildman–Crippen MR) is 84.1 cm³/mol. The highest BCUT2D eigenvalue weighted by molar-refractivity contribution is 7.08. The smallest absolute Gasteiger partial charge is 0.257 e. The van der Waals surface area contributed by atoms with E-state index in [1.807, 2.05) is 35.7 Å². The fourth-order valence-electron chi connectivity index (χ4n) is 2.56. The highest BCUT2D eigenvalue weighted by atomic mass is 32.1. The summed E-state index contributed by atoms with van der Waals surface area (Å²) in [4.78, 5) is 28.4. The molecule has 0 aliphatic carbocycles. The number of aromatic nitrogens is 2. The van der Waals surface area contributed by atoms with E-state index in [9.17, 15) is 9.59 Å². The Morgan fingerprint density at radius 3 is 2.27 bits per heavy atom. The Hall–Kier alpha value is -2.15. The van der Waals surface area contributed by atoms with Crippen molar-refractivity contribution in [2.24, 2.45) is 7.05 Å². The third-order valence-electron chi connectivity index (χ3n) is 4.09. The highest BCUT2D eigenvalue weighted by Gasteiger charge is 2.27. The van der Waals surface area contributed by atoms with Gasteiger partial charge in [0.2, 0.25) is 0 Å². The highest BCUT2D eigenvalue weighted by Crippen LogP contribution is 2.15. The zero-order chi connectivity index (χ0) is 15.7. The molecule has 3 rings (SSSR count). The standard InChI is InChI=1S/C15H18N4O2S/c1-11-13(9-16-17(11)2)15(21)19-6-4-18(5-7-19)14(20)12-3-8-22-10-12/h3,8-10H,4-7H2,1-2H3. The fraction of sp³-hybridized carbons (Fsp3) is 0.400. The summed E-state index contributed by atoms with van der Waals surface area (Å²) in [6.45, 7) is 4.14. The van der Waals surface area contributed by atoms with E-state index in [0.717, 1.165) is 11.3 Å². The van der Waals surface area contributed by atoms with E-state index in [0.29, 0.717) is 31.7 Å². The van der Waals surface area contributed by atoms with E-state index < -0.39 is 0 Å². The van der Waals surface area contributed by atoms with Gasteiger partial charge < -0.3 is 9.80 Å². The SMILES string of the molecule is Cc1c(C(=O)N2CCN(C(=O)c3ccsc3)CC2)cnn1C. The molecule has 0 bridgehead atoms. The largest absolute Gasteiger partial charge is 0.335 e. The van der Waals surface area contributed by atoms with Crippen LogP contribution in [-0.4, -0.2) is 57.6 Å².